The van der Waals surface area contributed by atoms with Crippen LogP contribution >= 0.6 is 0 Å². The first-order chi connectivity index (χ1) is 11.5. The molecule has 1 atom stereocenters. The highest BCUT2D eigenvalue weighted by atomic mass is 32.2. The molecule has 1 heterocycles. The molecule has 0 aromatic heterocycles. The second-order valence-electron chi connectivity index (χ2n) is 6.49. The molecule has 0 spiro atoms. The molecular weight excluding hydrogens is 328 g/mol. The Morgan fingerprint density at radius 3 is 2.75 bits per heavy atom. The normalized spacial score (nSPS) is 21.8. The van der Waals surface area contributed by atoms with Gasteiger partial charge < -0.3 is 15.4 Å². The highest BCUT2D eigenvalue weighted by molar-refractivity contribution is 7.91. The molecule has 2 amide bonds. The number of urea groups is 1. The minimum absolute atomic E-state index is 0.0338. The number of fused-ring (bicyclic) bond motifs is 1. The molecule has 6 nitrogen and oxygen atoms in total. The first kappa shape index (κ1) is 17.1. The quantitative estimate of drug-likeness (QED) is 0.785. The molecule has 3 rings (SSSR count). The van der Waals surface area contributed by atoms with Gasteiger partial charge in [-0.15, -0.1) is 0 Å². The number of carbonyl (C=O) groups is 1. The molecule has 0 radical (unpaired) electrons. The molecule has 0 saturated carbocycles. The van der Waals surface area contributed by atoms with E-state index in [9.17, 15) is 13.2 Å². The van der Waals surface area contributed by atoms with Crippen molar-refractivity contribution in [2.75, 3.05) is 24.7 Å². The molecule has 1 aliphatic carbocycles. The first-order valence-corrected chi connectivity index (χ1v) is 10.3. The summed E-state index contributed by atoms with van der Waals surface area (Å²) in [5, 5.41) is 5.39. The van der Waals surface area contributed by atoms with Gasteiger partial charge in [-0.25, -0.2) is 13.2 Å². The molecule has 1 aromatic rings. The van der Waals surface area contributed by atoms with E-state index in [-0.39, 0.29) is 23.6 Å². The van der Waals surface area contributed by atoms with E-state index in [2.05, 4.69) is 22.8 Å². The summed E-state index contributed by atoms with van der Waals surface area (Å²) in [6.45, 7) is 0.761. The zero-order chi connectivity index (χ0) is 17.0. The standard InChI is InChI=1S/C17H24N2O4S/c20-17(19-15-7-10-24(21,22)12-15)18-8-9-23-16-6-5-13-3-1-2-4-14(13)11-16/h5-6,11,15H,1-4,7-10,12H2,(H2,18,19,20). The zero-order valence-electron chi connectivity index (χ0n) is 13.7. The summed E-state index contributed by atoms with van der Waals surface area (Å²) in [6.07, 6.45) is 5.23. The molecule has 0 bridgehead atoms. The van der Waals surface area contributed by atoms with Crippen molar-refractivity contribution in [1.82, 2.24) is 10.6 Å². The Morgan fingerprint density at radius 2 is 2.00 bits per heavy atom. The third-order valence-electron chi connectivity index (χ3n) is 4.54. The van der Waals surface area contributed by atoms with Crippen molar-refractivity contribution in [3.05, 3.63) is 29.3 Å². The van der Waals surface area contributed by atoms with Crippen molar-refractivity contribution in [3.63, 3.8) is 0 Å². The lowest BCUT2D eigenvalue weighted by atomic mass is 9.92. The fourth-order valence-corrected chi connectivity index (χ4v) is 4.95. The van der Waals surface area contributed by atoms with Crippen LogP contribution in [-0.4, -0.2) is 45.1 Å². The molecule has 2 aliphatic rings. The lowest BCUT2D eigenvalue weighted by Crippen LogP contribution is -2.43. The molecular formula is C17H24N2O4S. The van der Waals surface area contributed by atoms with E-state index >= 15 is 0 Å². The highest BCUT2D eigenvalue weighted by Crippen LogP contribution is 2.25. The third kappa shape index (κ3) is 4.63. The minimum Gasteiger partial charge on any atom is -0.492 e. The van der Waals surface area contributed by atoms with E-state index in [1.54, 1.807) is 0 Å². The molecule has 1 unspecified atom stereocenters. The van der Waals surface area contributed by atoms with Crippen LogP contribution < -0.4 is 15.4 Å². The molecule has 1 aromatic carbocycles. The zero-order valence-corrected chi connectivity index (χ0v) is 14.5. The molecule has 24 heavy (non-hydrogen) atoms. The molecule has 132 valence electrons. The number of ether oxygens (including phenoxy) is 1. The average molecular weight is 352 g/mol. The van der Waals surface area contributed by atoms with Gasteiger partial charge in [-0.2, -0.15) is 0 Å². The predicted molar refractivity (Wildman–Crippen MR) is 92.2 cm³/mol. The smallest absolute Gasteiger partial charge is 0.315 e. The molecule has 2 N–H and O–H groups in total. The van der Waals surface area contributed by atoms with Crippen molar-refractivity contribution in [3.8, 4) is 5.75 Å². The second kappa shape index (κ2) is 7.42. The summed E-state index contributed by atoms with van der Waals surface area (Å²) >= 11 is 0. The predicted octanol–water partition coefficient (Wildman–Crippen LogP) is 1.43. The number of benzene rings is 1. The lowest BCUT2D eigenvalue weighted by Gasteiger charge is -2.17. The summed E-state index contributed by atoms with van der Waals surface area (Å²) in [7, 11) is -2.98. The van der Waals surface area contributed by atoms with Gasteiger partial charge in [-0.05, 0) is 55.4 Å². The topological polar surface area (TPSA) is 84.5 Å². The van der Waals surface area contributed by atoms with Crippen LogP contribution in [0.3, 0.4) is 0 Å². The van der Waals surface area contributed by atoms with Gasteiger partial charge in [0.05, 0.1) is 18.1 Å². The first-order valence-electron chi connectivity index (χ1n) is 8.51. The average Bonchev–Trinajstić information content (AvgIpc) is 2.90. The Hall–Kier alpha value is -1.76. The maximum atomic E-state index is 11.7. The highest BCUT2D eigenvalue weighted by Gasteiger charge is 2.28. The minimum atomic E-state index is -2.98. The van der Waals surface area contributed by atoms with Gasteiger partial charge in [0.15, 0.2) is 9.84 Å². The Balaban J connectivity index is 1.37. The molecule has 1 fully saturated rings. The van der Waals surface area contributed by atoms with Crippen molar-refractivity contribution in [1.29, 1.82) is 0 Å². The van der Waals surface area contributed by atoms with Crippen molar-refractivity contribution < 1.29 is 17.9 Å². The van der Waals surface area contributed by atoms with E-state index < -0.39 is 9.84 Å². The van der Waals surface area contributed by atoms with Crippen LogP contribution in [0.5, 0.6) is 5.75 Å². The van der Waals surface area contributed by atoms with Gasteiger partial charge in [-0.3, -0.25) is 0 Å². The largest absolute Gasteiger partial charge is 0.492 e. The number of sulfone groups is 1. The van der Waals surface area contributed by atoms with Crippen LogP contribution in [0, 0.1) is 0 Å². The number of carbonyl (C=O) groups excluding carboxylic acids is 1. The summed E-state index contributed by atoms with van der Waals surface area (Å²) in [5.74, 6) is 1.02. The van der Waals surface area contributed by atoms with E-state index in [1.165, 1.54) is 24.0 Å². The number of hydrogen-bond acceptors (Lipinski definition) is 4. The Bertz CT molecular complexity index is 703. The van der Waals surface area contributed by atoms with E-state index in [0.29, 0.717) is 19.6 Å². The Kier molecular flexibility index (Phi) is 5.28. The van der Waals surface area contributed by atoms with Gasteiger partial charge in [0.2, 0.25) is 0 Å². The van der Waals surface area contributed by atoms with Crippen LogP contribution in [0.15, 0.2) is 18.2 Å². The van der Waals surface area contributed by atoms with Crippen LogP contribution in [0.25, 0.3) is 0 Å². The van der Waals surface area contributed by atoms with Crippen LogP contribution in [0.4, 0.5) is 4.79 Å². The maximum absolute atomic E-state index is 11.7. The monoisotopic (exact) mass is 352 g/mol. The number of aryl methyl sites for hydroxylation is 2. The van der Waals surface area contributed by atoms with Crippen molar-refractivity contribution in [2.45, 2.75) is 38.1 Å². The SMILES string of the molecule is O=C(NCCOc1ccc2c(c1)CCCC2)NC1CCS(=O)(=O)C1. The Morgan fingerprint density at radius 1 is 1.21 bits per heavy atom. The van der Waals surface area contributed by atoms with Gasteiger partial charge in [0, 0.05) is 6.04 Å². The van der Waals surface area contributed by atoms with E-state index in [1.807, 2.05) is 6.07 Å². The maximum Gasteiger partial charge on any atom is 0.315 e. The third-order valence-corrected chi connectivity index (χ3v) is 6.31. The number of nitrogens with one attached hydrogen (secondary N) is 2. The molecule has 7 heteroatoms. The van der Waals surface area contributed by atoms with E-state index in [0.717, 1.165) is 18.6 Å². The lowest BCUT2D eigenvalue weighted by molar-refractivity contribution is 0.233. The molecule has 1 aliphatic heterocycles. The number of amides is 2. The van der Waals surface area contributed by atoms with Gasteiger partial charge in [0.25, 0.3) is 0 Å². The van der Waals surface area contributed by atoms with Gasteiger partial charge in [0.1, 0.15) is 12.4 Å². The number of hydrogen-bond donors (Lipinski definition) is 2. The fraction of sp³-hybridized carbons (Fsp3) is 0.588. The number of rotatable bonds is 5. The second-order valence-corrected chi connectivity index (χ2v) is 8.72. The Labute approximate surface area is 142 Å². The van der Waals surface area contributed by atoms with Crippen LogP contribution in [-0.2, 0) is 22.7 Å². The van der Waals surface area contributed by atoms with Crippen molar-refractivity contribution >= 4 is 15.9 Å². The van der Waals surface area contributed by atoms with Crippen LogP contribution in [0.2, 0.25) is 0 Å². The van der Waals surface area contributed by atoms with Gasteiger partial charge >= 0.3 is 6.03 Å². The van der Waals surface area contributed by atoms with Crippen molar-refractivity contribution in [2.24, 2.45) is 0 Å². The van der Waals surface area contributed by atoms with Crippen LogP contribution in [0.1, 0.15) is 30.4 Å². The summed E-state index contributed by atoms with van der Waals surface area (Å²) in [6, 6.07) is 5.58. The fourth-order valence-electron chi connectivity index (χ4n) is 3.28. The summed E-state index contributed by atoms with van der Waals surface area (Å²) in [4.78, 5) is 11.7. The van der Waals surface area contributed by atoms with E-state index in [4.69, 9.17) is 4.74 Å². The van der Waals surface area contributed by atoms with Gasteiger partial charge in [-0.1, -0.05) is 6.07 Å². The summed E-state index contributed by atoms with van der Waals surface area (Å²) in [5.41, 5.74) is 2.78. The summed E-state index contributed by atoms with van der Waals surface area (Å²) < 4.78 is 28.4. The molecule has 1 saturated heterocycles.